The highest BCUT2D eigenvalue weighted by Gasteiger charge is 2.20. The van der Waals surface area contributed by atoms with Crippen LogP contribution in [0.3, 0.4) is 0 Å². The largest absolute Gasteiger partial charge is 0.355 e. The number of hydrogen-bond acceptors (Lipinski definition) is 4. The highest BCUT2D eigenvalue weighted by atomic mass is 35.5. The Morgan fingerprint density at radius 2 is 1.68 bits per heavy atom. The Labute approximate surface area is 170 Å². The van der Waals surface area contributed by atoms with Gasteiger partial charge in [-0.3, -0.25) is 9.59 Å². The Hall–Kier alpha value is -2.38. The van der Waals surface area contributed by atoms with E-state index in [1.165, 1.54) is 0 Å². The third kappa shape index (κ3) is 6.65. The van der Waals surface area contributed by atoms with Crippen molar-refractivity contribution in [2.75, 3.05) is 18.1 Å². The zero-order valence-corrected chi connectivity index (χ0v) is 17.1. The summed E-state index contributed by atoms with van der Waals surface area (Å²) in [5.41, 5.74) is 1.08. The molecule has 0 fully saturated rings. The topological polar surface area (TPSA) is 92.3 Å². The smallest absolute Gasteiger partial charge is 0.253 e. The van der Waals surface area contributed by atoms with Gasteiger partial charge >= 0.3 is 0 Å². The Balaban J connectivity index is 2.07. The lowest BCUT2D eigenvalue weighted by molar-refractivity contribution is -0.121. The van der Waals surface area contributed by atoms with E-state index in [-0.39, 0.29) is 36.3 Å². The molecule has 0 radical (unpaired) electrons. The molecule has 2 aromatic carbocycles. The number of carbonyl (C=O) groups is 2. The van der Waals surface area contributed by atoms with Crippen LogP contribution in [-0.2, 0) is 14.6 Å². The van der Waals surface area contributed by atoms with E-state index in [9.17, 15) is 18.0 Å². The minimum Gasteiger partial charge on any atom is -0.355 e. The molecule has 150 valence electrons. The van der Waals surface area contributed by atoms with Gasteiger partial charge in [-0.05, 0) is 17.7 Å². The van der Waals surface area contributed by atoms with Crippen LogP contribution in [0.15, 0.2) is 54.6 Å². The number of halogens is 1. The Bertz CT molecular complexity index is 917. The predicted molar refractivity (Wildman–Crippen MR) is 110 cm³/mol. The lowest BCUT2D eigenvalue weighted by Crippen LogP contribution is -2.35. The second kappa shape index (κ2) is 10.2. The standard InChI is InChI=1S/C20H23ClN2O4S/c1-2-28(26,27)13-12-22-19(24)14-18(15-8-4-3-5-9-15)23-20(25)16-10-6-7-11-17(16)21/h3-11,18H,2,12-14H2,1H3,(H,22,24)(H,23,25). The summed E-state index contributed by atoms with van der Waals surface area (Å²) in [6.07, 6.45) is -0.0214. The summed E-state index contributed by atoms with van der Waals surface area (Å²) in [7, 11) is -3.15. The zero-order valence-electron chi connectivity index (χ0n) is 15.5. The van der Waals surface area contributed by atoms with E-state index in [1.807, 2.05) is 30.3 Å². The van der Waals surface area contributed by atoms with Crippen molar-refractivity contribution in [1.82, 2.24) is 10.6 Å². The number of sulfone groups is 1. The number of hydrogen-bond donors (Lipinski definition) is 2. The van der Waals surface area contributed by atoms with Crippen molar-refractivity contribution in [1.29, 1.82) is 0 Å². The van der Waals surface area contributed by atoms with Gasteiger partial charge < -0.3 is 10.6 Å². The summed E-state index contributed by atoms with van der Waals surface area (Å²) in [4.78, 5) is 24.9. The number of amides is 2. The van der Waals surface area contributed by atoms with Crippen molar-refractivity contribution < 1.29 is 18.0 Å². The molecule has 0 heterocycles. The van der Waals surface area contributed by atoms with Gasteiger partial charge in [-0.2, -0.15) is 0 Å². The first-order chi connectivity index (χ1) is 13.3. The van der Waals surface area contributed by atoms with Crippen molar-refractivity contribution in [2.45, 2.75) is 19.4 Å². The normalized spacial score (nSPS) is 12.2. The first kappa shape index (κ1) is 21.9. The lowest BCUT2D eigenvalue weighted by atomic mass is 10.0. The molecule has 2 aromatic rings. The summed E-state index contributed by atoms with van der Waals surface area (Å²) in [5, 5.41) is 5.76. The van der Waals surface area contributed by atoms with Crippen LogP contribution in [0, 0.1) is 0 Å². The molecule has 0 spiro atoms. The average molecular weight is 423 g/mol. The fourth-order valence-electron chi connectivity index (χ4n) is 2.57. The van der Waals surface area contributed by atoms with Gasteiger partial charge in [0.15, 0.2) is 9.84 Å². The SMILES string of the molecule is CCS(=O)(=O)CCNC(=O)CC(NC(=O)c1ccccc1Cl)c1ccccc1. The Morgan fingerprint density at radius 1 is 1.04 bits per heavy atom. The van der Waals surface area contributed by atoms with E-state index >= 15 is 0 Å². The summed E-state index contributed by atoms with van der Waals surface area (Å²) in [5.74, 6) is -0.818. The molecule has 0 saturated heterocycles. The Kier molecular flexibility index (Phi) is 8.02. The van der Waals surface area contributed by atoms with E-state index in [0.717, 1.165) is 5.56 Å². The van der Waals surface area contributed by atoms with Crippen LogP contribution in [0.4, 0.5) is 0 Å². The second-order valence-electron chi connectivity index (χ2n) is 6.21. The van der Waals surface area contributed by atoms with Crippen molar-refractivity contribution in [3.63, 3.8) is 0 Å². The molecule has 1 unspecified atom stereocenters. The minimum atomic E-state index is -3.15. The van der Waals surface area contributed by atoms with Crippen molar-refractivity contribution in [2.24, 2.45) is 0 Å². The summed E-state index contributed by atoms with van der Waals surface area (Å²) in [6.45, 7) is 1.60. The highest BCUT2D eigenvalue weighted by molar-refractivity contribution is 7.91. The third-order valence-electron chi connectivity index (χ3n) is 4.19. The molecule has 1 atom stereocenters. The molecule has 8 heteroatoms. The fraction of sp³-hybridized carbons (Fsp3) is 0.300. The molecule has 0 aliphatic carbocycles. The molecular formula is C20H23ClN2O4S. The number of rotatable bonds is 9. The number of carbonyl (C=O) groups excluding carboxylic acids is 2. The quantitative estimate of drug-likeness (QED) is 0.649. The van der Waals surface area contributed by atoms with Crippen molar-refractivity contribution >= 4 is 33.3 Å². The van der Waals surface area contributed by atoms with E-state index < -0.39 is 15.9 Å². The van der Waals surface area contributed by atoms with E-state index in [2.05, 4.69) is 10.6 Å². The molecular weight excluding hydrogens is 400 g/mol. The highest BCUT2D eigenvalue weighted by Crippen LogP contribution is 2.20. The van der Waals surface area contributed by atoms with Gasteiger partial charge in [-0.25, -0.2) is 8.42 Å². The summed E-state index contributed by atoms with van der Waals surface area (Å²) < 4.78 is 23.1. The lowest BCUT2D eigenvalue weighted by Gasteiger charge is -2.19. The van der Waals surface area contributed by atoms with Crippen LogP contribution in [0.1, 0.15) is 35.3 Å². The van der Waals surface area contributed by atoms with Gasteiger partial charge in [-0.1, -0.05) is 61.0 Å². The Morgan fingerprint density at radius 3 is 2.32 bits per heavy atom. The molecule has 6 nitrogen and oxygen atoms in total. The summed E-state index contributed by atoms with van der Waals surface area (Å²) in [6, 6.07) is 15.2. The minimum absolute atomic E-state index is 0.0214. The van der Waals surface area contributed by atoms with E-state index in [4.69, 9.17) is 11.6 Å². The van der Waals surface area contributed by atoms with Crippen LogP contribution in [0.5, 0.6) is 0 Å². The molecule has 0 aromatic heterocycles. The maximum Gasteiger partial charge on any atom is 0.253 e. The maximum atomic E-state index is 12.6. The number of benzene rings is 2. The molecule has 2 N–H and O–H groups in total. The monoisotopic (exact) mass is 422 g/mol. The van der Waals surface area contributed by atoms with Crippen molar-refractivity contribution in [3.05, 3.63) is 70.7 Å². The van der Waals surface area contributed by atoms with Crippen LogP contribution in [-0.4, -0.2) is 38.3 Å². The van der Waals surface area contributed by atoms with Crippen LogP contribution >= 0.6 is 11.6 Å². The molecule has 0 aliphatic heterocycles. The first-order valence-corrected chi connectivity index (χ1v) is 11.1. The average Bonchev–Trinajstić information content (AvgIpc) is 2.68. The summed E-state index contributed by atoms with van der Waals surface area (Å²) >= 11 is 6.08. The molecule has 0 aliphatic rings. The molecule has 0 bridgehead atoms. The van der Waals surface area contributed by atoms with Gasteiger partial charge in [0.2, 0.25) is 5.91 Å². The van der Waals surface area contributed by atoms with Gasteiger partial charge in [0, 0.05) is 12.3 Å². The molecule has 28 heavy (non-hydrogen) atoms. The van der Waals surface area contributed by atoms with Crippen LogP contribution in [0.25, 0.3) is 0 Å². The van der Waals surface area contributed by atoms with Crippen LogP contribution in [0.2, 0.25) is 5.02 Å². The van der Waals surface area contributed by atoms with Crippen LogP contribution < -0.4 is 10.6 Å². The number of nitrogens with one attached hydrogen (secondary N) is 2. The van der Waals surface area contributed by atoms with Gasteiger partial charge in [0.25, 0.3) is 5.91 Å². The van der Waals surface area contributed by atoms with Gasteiger partial charge in [0.1, 0.15) is 0 Å². The van der Waals surface area contributed by atoms with Gasteiger partial charge in [-0.15, -0.1) is 0 Å². The maximum absolute atomic E-state index is 12.6. The van der Waals surface area contributed by atoms with E-state index in [1.54, 1.807) is 31.2 Å². The first-order valence-electron chi connectivity index (χ1n) is 8.90. The fourth-order valence-corrected chi connectivity index (χ4v) is 3.49. The molecule has 2 rings (SSSR count). The third-order valence-corrected chi connectivity index (χ3v) is 6.23. The van der Waals surface area contributed by atoms with Gasteiger partial charge in [0.05, 0.1) is 28.8 Å². The van der Waals surface area contributed by atoms with E-state index in [0.29, 0.717) is 10.6 Å². The second-order valence-corrected chi connectivity index (χ2v) is 9.09. The van der Waals surface area contributed by atoms with Crippen molar-refractivity contribution in [3.8, 4) is 0 Å². The molecule has 2 amide bonds. The molecule has 0 saturated carbocycles. The zero-order chi connectivity index (χ0) is 20.6. The predicted octanol–water partition coefficient (Wildman–Crippen LogP) is 2.75.